The number of hydrogen-bond acceptors (Lipinski definition) is 4. The Balaban J connectivity index is 1.87. The lowest BCUT2D eigenvalue weighted by atomic mass is 10.2. The summed E-state index contributed by atoms with van der Waals surface area (Å²) in [5.41, 5.74) is -0.430. The zero-order valence-electron chi connectivity index (χ0n) is 14.4. The van der Waals surface area contributed by atoms with Crippen LogP contribution >= 0.6 is 23.4 Å². The normalized spacial score (nSPS) is 10.8. The highest BCUT2D eigenvalue weighted by molar-refractivity contribution is 7.99. The van der Waals surface area contributed by atoms with Gasteiger partial charge in [0.2, 0.25) is 5.91 Å². The summed E-state index contributed by atoms with van der Waals surface area (Å²) in [5, 5.41) is 3.27. The first-order valence-electron chi connectivity index (χ1n) is 8.08. The van der Waals surface area contributed by atoms with Gasteiger partial charge >= 0.3 is 0 Å². The molecule has 2 aromatic carbocycles. The third-order valence-corrected chi connectivity index (χ3v) is 4.97. The van der Waals surface area contributed by atoms with E-state index in [1.807, 2.05) is 0 Å². The van der Waals surface area contributed by atoms with Gasteiger partial charge in [-0.2, -0.15) is 0 Å². The summed E-state index contributed by atoms with van der Waals surface area (Å²) in [4.78, 5) is 29.2. The van der Waals surface area contributed by atoms with E-state index < -0.39 is 23.2 Å². The Bertz CT molecular complexity index is 1110. The van der Waals surface area contributed by atoms with Crippen LogP contribution in [0.25, 0.3) is 10.9 Å². The first kappa shape index (κ1) is 20.0. The van der Waals surface area contributed by atoms with E-state index in [0.29, 0.717) is 15.9 Å². The van der Waals surface area contributed by atoms with Crippen molar-refractivity contribution in [3.05, 3.63) is 76.1 Å². The van der Waals surface area contributed by atoms with Crippen molar-refractivity contribution < 1.29 is 13.6 Å². The van der Waals surface area contributed by atoms with E-state index in [4.69, 9.17) is 11.6 Å². The number of anilines is 1. The summed E-state index contributed by atoms with van der Waals surface area (Å²) < 4.78 is 28.7. The molecule has 0 aliphatic heterocycles. The highest BCUT2D eigenvalue weighted by Crippen LogP contribution is 2.22. The summed E-state index contributed by atoms with van der Waals surface area (Å²) in [5.74, 6) is -2.59. The molecular formula is C19H14ClF2N3O2S. The number of halogens is 3. The van der Waals surface area contributed by atoms with Crippen LogP contribution in [-0.4, -0.2) is 21.2 Å². The SMILES string of the molecule is C=CCn1c(SCC(=O)Nc2c(F)cccc2F)nc2cc(Cl)ccc2c1=O. The average molecular weight is 422 g/mol. The first-order chi connectivity index (χ1) is 13.4. The van der Waals surface area contributed by atoms with Crippen LogP contribution in [0.4, 0.5) is 14.5 Å². The largest absolute Gasteiger partial charge is 0.320 e. The van der Waals surface area contributed by atoms with Crippen molar-refractivity contribution in [1.82, 2.24) is 9.55 Å². The second-order valence-corrected chi connectivity index (χ2v) is 7.07. The lowest BCUT2D eigenvalue weighted by molar-refractivity contribution is -0.113. The van der Waals surface area contributed by atoms with Gasteiger partial charge in [0.1, 0.15) is 17.3 Å². The molecule has 3 rings (SSSR count). The van der Waals surface area contributed by atoms with Crippen molar-refractivity contribution in [2.45, 2.75) is 11.7 Å². The van der Waals surface area contributed by atoms with Crippen molar-refractivity contribution >= 4 is 45.9 Å². The van der Waals surface area contributed by atoms with Gasteiger partial charge < -0.3 is 5.32 Å². The van der Waals surface area contributed by atoms with Gasteiger partial charge in [0.15, 0.2) is 5.16 Å². The number of para-hydroxylation sites is 1. The van der Waals surface area contributed by atoms with E-state index in [9.17, 15) is 18.4 Å². The van der Waals surface area contributed by atoms with E-state index >= 15 is 0 Å². The lowest BCUT2D eigenvalue weighted by Crippen LogP contribution is -2.24. The fraction of sp³-hybridized carbons (Fsp3) is 0.105. The third-order valence-electron chi connectivity index (χ3n) is 3.75. The van der Waals surface area contributed by atoms with Crippen LogP contribution in [0.3, 0.4) is 0 Å². The van der Waals surface area contributed by atoms with Gasteiger partial charge in [-0.3, -0.25) is 14.2 Å². The second kappa shape index (κ2) is 8.53. The lowest BCUT2D eigenvalue weighted by Gasteiger charge is -2.12. The standard InChI is InChI=1S/C19H14ClF2N3O2S/c1-2-8-25-18(27)12-7-6-11(20)9-15(12)23-19(25)28-10-16(26)24-17-13(21)4-3-5-14(17)22/h2-7,9H,1,8,10H2,(H,24,26). The van der Waals surface area contributed by atoms with Crippen LogP contribution in [0, 0.1) is 11.6 Å². The number of benzene rings is 2. The van der Waals surface area contributed by atoms with Crippen molar-refractivity contribution in [3.63, 3.8) is 0 Å². The average Bonchev–Trinajstić information content (AvgIpc) is 2.65. The van der Waals surface area contributed by atoms with Crippen LogP contribution in [0.5, 0.6) is 0 Å². The second-order valence-electron chi connectivity index (χ2n) is 5.69. The molecule has 1 heterocycles. The first-order valence-corrected chi connectivity index (χ1v) is 9.44. The number of allylic oxidation sites excluding steroid dienone is 1. The zero-order valence-corrected chi connectivity index (χ0v) is 16.0. The summed E-state index contributed by atoms with van der Waals surface area (Å²) in [6.45, 7) is 3.81. The molecule has 9 heteroatoms. The van der Waals surface area contributed by atoms with Crippen molar-refractivity contribution in [2.24, 2.45) is 0 Å². The topological polar surface area (TPSA) is 64.0 Å². The summed E-state index contributed by atoms with van der Waals surface area (Å²) >= 11 is 6.93. The fourth-order valence-electron chi connectivity index (χ4n) is 2.50. The number of aromatic nitrogens is 2. The molecule has 0 aliphatic rings. The summed E-state index contributed by atoms with van der Waals surface area (Å²) in [6, 6.07) is 8.01. The monoisotopic (exact) mass is 421 g/mol. The van der Waals surface area contributed by atoms with Crippen LogP contribution in [0.15, 0.2) is 59.0 Å². The number of hydrogen-bond donors (Lipinski definition) is 1. The van der Waals surface area contributed by atoms with Gasteiger partial charge in [0, 0.05) is 11.6 Å². The molecule has 28 heavy (non-hydrogen) atoms. The molecule has 1 amide bonds. The van der Waals surface area contributed by atoms with Crippen molar-refractivity contribution in [2.75, 3.05) is 11.1 Å². The van der Waals surface area contributed by atoms with Gasteiger partial charge in [0.05, 0.1) is 16.7 Å². The number of fused-ring (bicyclic) bond motifs is 1. The molecule has 0 aliphatic carbocycles. The van der Waals surface area contributed by atoms with E-state index in [-0.39, 0.29) is 23.0 Å². The van der Waals surface area contributed by atoms with Crippen LogP contribution in [0.2, 0.25) is 5.02 Å². The Morgan fingerprint density at radius 2 is 2.00 bits per heavy atom. The molecule has 0 atom stereocenters. The van der Waals surface area contributed by atoms with Crippen molar-refractivity contribution in [3.8, 4) is 0 Å². The van der Waals surface area contributed by atoms with Crippen LogP contribution in [0.1, 0.15) is 0 Å². The number of nitrogens with one attached hydrogen (secondary N) is 1. The molecule has 5 nitrogen and oxygen atoms in total. The van der Waals surface area contributed by atoms with E-state index in [2.05, 4.69) is 16.9 Å². The highest BCUT2D eigenvalue weighted by atomic mass is 35.5. The number of nitrogens with zero attached hydrogens (tertiary/aromatic N) is 2. The molecule has 0 saturated heterocycles. The number of rotatable bonds is 6. The Hall–Kier alpha value is -2.71. The predicted molar refractivity (Wildman–Crippen MR) is 107 cm³/mol. The van der Waals surface area contributed by atoms with E-state index in [0.717, 1.165) is 23.9 Å². The fourth-order valence-corrected chi connectivity index (χ4v) is 3.47. The van der Waals surface area contributed by atoms with Gasteiger partial charge in [-0.15, -0.1) is 6.58 Å². The zero-order chi connectivity index (χ0) is 20.3. The molecular weight excluding hydrogens is 408 g/mol. The summed E-state index contributed by atoms with van der Waals surface area (Å²) in [7, 11) is 0. The minimum atomic E-state index is -0.875. The van der Waals surface area contributed by atoms with Gasteiger partial charge in [-0.05, 0) is 30.3 Å². The molecule has 0 bridgehead atoms. The number of thioether (sulfide) groups is 1. The molecule has 3 aromatic rings. The van der Waals surface area contributed by atoms with Gasteiger partial charge in [-0.25, -0.2) is 13.8 Å². The maximum atomic E-state index is 13.7. The summed E-state index contributed by atoms with van der Waals surface area (Å²) in [6.07, 6.45) is 1.53. The number of carbonyl (C=O) groups is 1. The molecule has 0 saturated carbocycles. The minimum absolute atomic E-state index is 0.191. The quantitative estimate of drug-likeness (QED) is 0.367. The molecule has 0 radical (unpaired) electrons. The van der Waals surface area contributed by atoms with Gasteiger partial charge in [0.25, 0.3) is 5.56 Å². The smallest absolute Gasteiger partial charge is 0.262 e. The molecule has 0 spiro atoms. The van der Waals surface area contributed by atoms with E-state index in [1.54, 1.807) is 18.2 Å². The Kier molecular flexibility index (Phi) is 6.11. The Morgan fingerprint density at radius 3 is 2.68 bits per heavy atom. The van der Waals surface area contributed by atoms with Crippen molar-refractivity contribution in [1.29, 1.82) is 0 Å². The molecule has 0 unspecified atom stereocenters. The molecule has 144 valence electrons. The maximum Gasteiger partial charge on any atom is 0.262 e. The highest BCUT2D eigenvalue weighted by Gasteiger charge is 2.15. The molecule has 1 aromatic heterocycles. The minimum Gasteiger partial charge on any atom is -0.320 e. The molecule has 1 N–H and O–H groups in total. The van der Waals surface area contributed by atoms with Gasteiger partial charge in [-0.1, -0.05) is 35.5 Å². The Morgan fingerprint density at radius 1 is 1.29 bits per heavy atom. The van der Waals surface area contributed by atoms with Crippen LogP contribution in [-0.2, 0) is 11.3 Å². The maximum absolute atomic E-state index is 13.7. The third kappa shape index (κ3) is 4.23. The number of amides is 1. The Labute approximate surface area is 168 Å². The predicted octanol–water partition coefficient (Wildman–Crippen LogP) is 4.24. The van der Waals surface area contributed by atoms with Crippen LogP contribution < -0.4 is 10.9 Å². The van der Waals surface area contributed by atoms with E-state index in [1.165, 1.54) is 16.7 Å². The number of carbonyl (C=O) groups excluding carboxylic acids is 1. The molecule has 0 fully saturated rings.